The molecule has 22 heavy (non-hydrogen) atoms. The van der Waals surface area contributed by atoms with Crippen molar-refractivity contribution in [2.24, 2.45) is 5.73 Å². The Kier molecular flexibility index (Phi) is 7.87. The first kappa shape index (κ1) is 18.4. The molecule has 126 valence electrons. The molecule has 0 aliphatic carbocycles. The molecule has 1 aliphatic rings. The maximum absolute atomic E-state index is 12.0. The first-order valence-corrected chi connectivity index (χ1v) is 7.92. The quantitative estimate of drug-likeness (QED) is 0.571. The second-order valence-corrected chi connectivity index (χ2v) is 6.04. The minimum Gasteiger partial charge on any atom is -0.368 e. The molecule has 7 heteroatoms. The summed E-state index contributed by atoms with van der Waals surface area (Å²) in [6.07, 6.45) is 4.70. The summed E-state index contributed by atoms with van der Waals surface area (Å²) in [6, 6.07) is -0.518. The molecule has 1 heterocycles. The van der Waals surface area contributed by atoms with Crippen molar-refractivity contribution in [1.82, 2.24) is 15.1 Å². The van der Waals surface area contributed by atoms with Crippen molar-refractivity contribution in [2.45, 2.75) is 44.6 Å². The van der Waals surface area contributed by atoms with Gasteiger partial charge in [0.2, 0.25) is 17.7 Å². The number of nitrogens with two attached hydrogens (primary N) is 1. The van der Waals surface area contributed by atoms with E-state index in [2.05, 4.69) is 10.2 Å². The molecule has 1 aliphatic heterocycles. The fraction of sp³-hybridized carbons (Fsp3) is 0.800. The second kappa shape index (κ2) is 9.40. The van der Waals surface area contributed by atoms with Crippen LogP contribution in [0.1, 0.15) is 38.5 Å². The first-order chi connectivity index (χ1) is 10.4. The molecule has 0 radical (unpaired) electrons. The number of likely N-dealkylation sites (tertiary alicyclic amines) is 1. The van der Waals surface area contributed by atoms with E-state index in [4.69, 9.17) is 5.73 Å². The Balaban J connectivity index is 2.18. The third kappa shape index (κ3) is 6.43. The molecular weight excluding hydrogens is 284 g/mol. The number of unbranched alkanes of at least 4 members (excludes halogenated alkanes) is 2. The molecule has 3 N–H and O–H groups in total. The van der Waals surface area contributed by atoms with Gasteiger partial charge in [-0.15, -0.1) is 0 Å². The van der Waals surface area contributed by atoms with E-state index in [9.17, 15) is 14.4 Å². The predicted molar refractivity (Wildman–Crippen MR) is 84.0 cm³/mol. The SMILES string of the molecule is CN(C)CCCCCC(=O)NCC(=O)N1CCCC1C(N)=O. The summed E-state index contributed by atoms with van der Waals surface area (Å²) in [5, 5.41) is 2.63. The highest BCUT2D eigenvalue weighted by Gasteiger charge is 2.32. The summed E-state index contributed by atoms with van der Waals surface area (Å²) in [5.74, 6) is -0.826. The van der Waals surface area contributed by atoms with E-state index in [0.717, 1.165) is 32.2 Å². The number of amides is 3. The Bertz CT molecular complexity index is 398. The van der Waals surface area contributed by atoms with Gasteiger partial charge in [-0.1, -0.05) is 6.42 Å². The van der Waals surface area contributed by atoms with Crippen LogP contribution in [0.5, 0.6) is 0 Å². The van der Waals surface area contributed by atoms with Crippen LogP contribution in [0.25, 0.3) is 0 Å². The molecule has 1 fully saturated rings. The molecule has 1 unspecified atom stereocenters. The van der Waals surface area contributed by atoms with Gasteiger partial charge >= 0.3 is 0 Å². The molecule has 0 bridgehead atoms. The number of carbonyl (C=O) groups is 3. The lowest BCUT2D eigenvalue weighted by Gasteiger charge is -2.22. The largest absolute Gasteiger partial charge is 0.368 e. The lowest BCUT2D eigenvalue weighted by Crippen LogP contribution is -2.47. The summed E-state index contributed by atoms with van der Waals surface area (Å²) in [7, 11) is 4.05. The van der Waals surface area contributed by atoms with E-state index in [1.807, 2.05) is 14.1 Å². The molecule has 0 saturated carbocycles. The third-order valence-electron chi connectivity index (χ3n) is 3.85. The average molecular weight is 312 g/mol. The van der Waals surface area contributed by atoms with Gasteiger partial charge in [-0.25, -0.2) is 0 Å². The molecule has 7 nitrogen and oxygen atoms in total. The standard InChI is InChI=1S/C15H28N4O3/c1-18(2)9-5-3-4-8-13(20)17-11-14(21)19-10-6-7-12(19)15(16)22/h12H,3-11H2,1-2H3,(H2,16,22)(H,17,20). The summed E-state index contributed by atoms with van der Waals surface area (Å²) in [4.78, 5) is 38.5. The van der Waals surface area contributed by atoms with Crippen LogP contribution in [-0.4, -0.2) is 67.3 Å². The van der Waals surface area contributed by atoms with Crippen molar-refractivity contribution in [2.75, 3.05) is 33.7 Å². The lowest BCUT2D eigenvalue weighted by molar-refractivity contribution is -0.137. The normalized spacial score (nSPS) is 17.8. The number of nitrogens with zero attached hydrogens (tertiary/aromatic N) is 2. The molecule has 1 atom stereocenters. The van der Waals surface area contributed by atoms with Crippen molar-refractivity contribution in [3.63, 3.8) is 0 Å². The maximum atomic E-state index is 12.0. The summed E-state index contributed by atoms with van der Waals surface area (Å²) >= 11 is 0. The molecule has 3 amide bonds. The van der Waals surface area contributed by atoms with Crippen LogP contribution in [0, 0.1) is 0 Å². The van der Waals surface area contributed by atoms with Gasteiger partial charge < -0.3 is 20.9 Å². The first-order valence-electron chi connectivity index (χ1n) is 7.92. The zero-order chi connectivity index (χ0) is 16.5. The van der Waals surface area contributed by atoms with Gasteiger partial charge in [0, 0.05) is 13.0 Å². The van der Waals surface area contributed by atoms with Crippen LogP contribution in [0.3, 0.4) is 0 Å². The number of carbonyl (C=O) groups excluding carboxylic acids is 3. The lowest BCUT2D eigenvalue weighted by atomic mass is 10.2. The van der Waals surface area contributed by atoms with E-state index in [1.165, 1.54) is 4.90 Å². The Labute approximate surface area is 132 Å². The Hall–Kier alpha value is -1.63. The van der Waals surface area contributed by atoms with Gasteiger partial charge in [0.15, 0.2) is 0 Å². The van der Waals surface area contributed by atoms with Gasteiger partial charge in [-0.2, -0.15) is 0 Å². The molecule has 1 rings (SSSR count). The van der Waals surface area contributed by atoms with Crippen LogP contribution in [0.15, 0.2) is 0 Å². The minimum atomic E-state index is -0.518. The summed E-state index contributed by atoms with van der Waals surface area (Å²) < 4.78 is 0. The zero-order valence-corrected chi connectivity index (χ0v) is 13.6. The maximum Gasteiger partial charge on any atom is 0.242 e. The molecule has 0 spiro atoms. The predicted octanol–water partition coefficient (Wildman–Crippen LogP) is -0.299. The smallest absolute Gasteiger partial charge is 0.242 e. The highest BCUT2D eigenvalue weighted by Crippen LogP contribution is 2.16. The summed E-state index contributed by atoms with van der Waals surface area (Å²) in [6.45, 7) is 1.50. The second-order valence-electron chi connectivity index (χ2n) is 6.04. The third-order valence-corrected chi connectivity index (χ3v) is 3.85. The monoisotopic (exact) mass is 312 g/mol. The number of nitrogens with one attached hydrogen (secondary N) is 1. The van der Waals surface area contributed by atoms with Gasteiger partial charge in [0.1, 0.15) is 6.04 Å². The molecule has 0 aromatic heterocycles. The average Bonchev–Trinajstić information content (AvgIpc) is 2.93. The summed E-state index contributed by atoms with van der Waals surface area (Å²) in [5.41, 5.74) is 5.27. The highest BCUT2D eigenvalue weighted by atomic mass is 16.2. The topological polar surface area (TPSA) is 95.7 Å². The fourth-order valence-electron chi connectivity index (χ4n) is 2.62. The van der Waals surface area contributed by atoms with E-state index in [1.54, 1.807) is 0 Å². The minimum absolute atomic E-state index is 0.0552. The van der Waals surface area contributed by atoms with Crippen LogP contribution >= 0.6 is 0 Å². The Morgan fingerprint density at radius 3 is 2.59 bits per heavy atom. The number of primary amides is 1. The van der Waals surface area contributed by atoms with E-state index < -0.39 is 11.9 Å². The van der Waals surface area contributed by atoms with E-state index in [-0.39, 0.29) is 18.4 Å². The Morgan fingerprint density at radius 1 is 1.23 bits per heavy atom. The van der Waals surface area contributed by atoms with Crippen LogP contribution < -0.4 is 11.1 Å². The van der Waals surface area contributed by atoms with E-state index >= 15 is 0 Å². The van der Waals surface area contributed by atoms with Crippen molar-refractivity contribution in [1.29, 1.82) is 0 Å². The van der Waals surface area contributed by atoms with Crippen molar-refractivity contribution < 1.29 is 14.4 Å². The van der Waals surface area contributed by atoms with Crippen molar-refractivity contribution >= 4 is 17.7 Å². The van der Waals surface area contributed by atoms with E-state index in [0.29, 0.717) is 19.4 Å². The van der Waals surface area contributed by atoms with Gasteiger partial charge in [-0.05, 0) is 46.3 Å². The van der Waals surface area contributed by atoms with Crippen LogP contribution in [0.4, 0.5) is 0 Å². The molecule has 0 aromatic carbocycles. The zero-order valence-electron chi connectivity index (χ0n) is 13.6. The molecule has 0 aromatic rings. The van der Waals surface area contributed by atoms with Crippen molar-refractivity contribution in [3.8, 4) is 0 Å². The number of hydrogen-bond donors (Lipinski definition) is 2. The van der Waals surface area contributed by atoms with Crippen molar-refractivity contribution in [3.05, 3.63) is 0 Å². The van der Waals surface area contributed by atoms with Crippen LogP contribution in [0.2, 0.25) is 0 Å². The van der Waals surface area contributed by atoms with Gasteiger partial charge in [-0.3, -0.25) is 14.4 Å². The fourth-order valence-corrected chi connectivity index (χ4v) is 2.62. The highest BCUT2D eigenvalue weighted by molar-refractivity contribution is 5.90. The Morgan fingerprint density at radius 2 is 1.95 bits per heavy atom. The number of hydrogen-bond acceptors (Lipinski definition) is 4. The van der Waals surface area contributed by atoms with Gasteiger partial charge in [0.05, 0.1) is 6.54 Å². The molecule has 1 saturated heterocycles. The van der Waals surface area contributed by atoms with Crippen LogP contribution in [-0.2, 0) is 14.4 Å². The van der Waals surface area contributed by atoms with Gasteiger partial charge in [0.25, 0.3) is 0 Å². The molecular formula is C15H28N4O3. The number of rotatable bonds is 9.